The molecule has 0 bridgehead atoms. The van der Waals surface area contributed by atoms with Crippen LogP contribution >= 0.6 is 0 Å². The summed E-state index contributed by atoms with van der Waals surface area (Å²) in [5.41, 5.74) is 3.58. The van der Waals surface area contributed by atoms with Crippen molar-refractivity contribution in [3.8, 4) is 11.5 Å². The second-order valence-corrected chi connectivity index (χ2v) is 7.97. The highest BCUT2D eigenvalue weighted by Crippen LogP contribution is 2.32. The molecule has 0 atom stereocenters. The van der Waals surface area contributed by atoms with E-state index in [2.05, 4.69) is 34.5 Å². The minimum absolute atomic E-state index is 0.0660. The van der Waals surface area contributed by atoms with Gasteiger partial charge >= 0.3 is 0 Å². The number of hydrogen-bond donors (Lipinski definition) is 1. The van der Waals surface area contributed by atoms with Crippen molar-refractivity contribution in [2.24, 2.45) is 0 Å². The maximum Gasteiger partial charge on any atom is 0.231 e. The first-order valence-electron chi connectivity index (χ1n) is 10.7. The Morgan fingerprint density at radius 1 is 0.862 bits per heavy atom. The zero-order valence-corrected chi connectivity index (χ0v) is 17.0. The van der Waals surface area contributed by atoms with Gasteiger partial charge in [0.05, 0.1) is 0 Å². The van der Waals surface area contributed by atoms with Crippen molar-refractivity contribution >= 4 is 5.91 Å². The topological polar surface area (TPSA) is 50.8 Å². The number of carbonyl (C=O) groups excluding carboxylic acids is 1. The zero-order chi connectivity index (χ0) is 19.9. The molecule has 2 aliphatic heterocycles. The van der Waals surface area contributed by atoms with Crippen molar-refractivity contribution < 1.29 is 14.3 Å². The fraction of sp³-hybridized carbons (Fsp3) is 0.458. The van der Waals surface area contributed by atoms with Crippen LogP contribution in [0.2, 0.25) is 0 Å². The van der Waals surface area contributed by atoms with E-state index in [0.29, 0.717) is 19.4 Å². The van der Waals surface area contributed by atoms with Crippen molar-refractivity contribution in [3.05, 3.63) is 59.2 Å². The molecule has 4 rings (SSSR count). The summed E-state index contributed by atoms with van der Waals surface area (Å²) in [7, 11) is 0. The zero-order valence-electron chi connectivity index (χ0n) is 17.0. The van der Waals surface area contributed by atoms with Gasteiger partial charge in [0.25, 0.3) is 0 Å². The van der Waals surface area contributed by atoms with Crippen molar-refractivity contribution in [2.45, 2.75) is 51.6 Å². The molecule has 1 saturated heterocycles. The number of amides is 1. The van der Waals surface area contributed by atoms with Gasteiger partial charge in [-0.1, -0.05) is 43.2 Å². The molecule has 5 nitrogen and oxygen atoms in total. The summed E-state index contributed by atoms with van der Waals surface area (Å²) in [5.74, 6) is 1.61. The number of benzene rings is 2. The van der Waals surface area contributed by atoms with Gasteiger partial charge in [0.1, 0.15) is 0 Å². The standard InChI is InChI=1S/C24H30N2O3/c27-24(12-10-19-9-11-22-23(15-19)29-18-28-22)25-16-20-5-7-21(8-6-20)17-26-13-3-1-2-4-14-26/h5-9,11,15H,1-4,10,12-14,16-18H2,(H,25,27). The van der Waals surface area contributed by atoms with Crippen LogP contribution in [0.25, 0.3) is 0 Å². The number of carbonyl (C=O) groups is 1. The normalized spacial score (nSPS) is 16.4. The van der Waals surface area contributed by atoms with Gasteiger partial charge in [-0.05, 0) is 61.2 Å². The van der Waals surface area contributed by atoms with Crippen molar-refractivity contribution in [3.63, 3.8) is 0 Å². The van der Waals surface area contributed by atoms with E-state index < -0.39 is 0 Å². The number of aryl methyl sites for hydroxylation is 1. The molecule has 1 N–H and O–H groups in total. The molecule has 2 aromatic carbocycles. The highest BCUT2D eigenvalue weighted by molar-refractivity contribution is 5.76. The Bertz CT molecular complexity index is 811. The molecule has 2 heterocycles. The minimum atomic E-state index is 0.0660. The Kier molecular flexibility index (Phi) is 6.67. The Balaban J connectivity index is 1.20. The first kappa shape index (κ1) is 19.8. The summed E-state index contributed by atoms with van der Waals surface area (Å²) in [4.78, 5) is 14.8. The van der Waals surface area contributed by atoms with Crippen LogP contribution < -0.4 is 14.8 Å². The number of ether oxygens (including phenoxy) is 2. The molecular formula is C24H30N2O3. The van der Waals surface area contributed by atoms with Crippen LogP contribution in [0.1, 0.15) is 48.8 Å². The van der Waals surface area contributed by atoms with E-state index in [1.165, 1.54) is 44.3 Å². The van der Waals surface area contributed by atoms with Gasteiger partial charge in [0.2, 0.25) is 12.7 Å². The van der Waals surface area contributed by atoms with Gasteiger partial charge in [0.15, 0.2) is 11.5 Å². The lowest BCUT2D eigenvalue weighted by atomic mass is 10.1. The summed E-state index contributed by atoms with van der Waals surface area (Å²) in [6, 6.07) is 14.5. The average Bonchev–Trinajstić information content (AvgIpc) is 3.07. The molecule has 154 valence electrons. The van der Waals surface area contributed by atoms with Gasteiger partial charge in [-0.2, -0.15) is 0 Å². The Morgan fingerprint density at radius 3 is 2.34 bits per heavy atom. The summed E-state index contributed by atoms with van der Waals surface area (Å²) in [6.07, 6.45) is 6.52. The van der Waals surface area contributed by atoms with E-state index in [9.17, 15) is 4.79 Å². The average molecular weight is 395 g/mol. The van der Waals surface area contributed by atoms with Crippen LogP contribution in [0.5, 0.6) is 11.5 Å². The molecule has 29 heavy (non-hydrogen) atoms. The van der Waals surface area contributed by atoms with Gasteiger partial charge < -0.3 is 14.8 Å². The van der Waals surface area contributed by atoms with Gasteiger partial charge in [-0.15, -0.1) is 0 Å². The lowest BCUT2D eigenvalue weighted by Crippen LogP contribution is -2.24. The van der Waals surface area contributed by atoms with Crippen molar-refractivity contribution in [1.29, 1.82) is 0 Å². The molecule has 2 aliphatic rings. The molecule has 0 saturated carbocycles. The summed E-state index contributed by atoms with van der Waals surface area (Å²) >= 11 is 0. The molecule has 0 aromatic heterocycles. The predicted octanol–water partition coefficient (Wildman–Crippen LogP) is 4.04. The van der Waals surface area contributed by atoms with E-state index in [-0.39, 0.29) is 12.7 Å². The first-order chi connectivity index (χ1) is 14.3. The fourth-order valence-electron chi connectivity index (χ4n) is 3.96. The van der Waals surface area contributed by atoms with Crippen molar-refractivity contribution in [2.75, 3.05) is 19.9 Å². The van der Waals surface area contributed by atoms with Crippen LogP contribution in [0, 0.1) is 0 Å². The van der Waals surface area contributed by atoms with E-state index >= 15 is 0 Å². The summed E-state index contributed by atoms with van der Waals surface area (Å²) in [5, 5.41) is 3.03. The van der Waals surface area contributed by atoms with Crippen LogP contribution in [0.4, 0.5) is 0 Å². The summed E-state index contributed by atoms with van der Waals surface area (Å²) < 4.78 is 10.7. The van der Waals surface area contributed by atoms with Crippen LogP contribution in [-0.2, 0) is 24.3 Å². The number of fused-ring (bicyclic) bond motifs is 1. The molecule has 5 heteroatoms. The predicted molar refractivity (Wildman–Crippen MR) is 113 cm³/mol. The Morgan fingerprint density at radius 2 is 1.55 bits per heavy atom. The highest BCUT2D eigenvalue weighted by Gasteiger charge is 2.14. The molecule has 1 fully saturated rings. The second kappa shape index (κ2) is 9.79. The monoisotopic (exact) mass is 394 g/mol. The Hall–Kier alpha value is -2.53. The van der Waals surface area contributed by atoms with Gasteiger partial charge in [0, 0.05) is 19.5 Å². The van der Waals surface area contributed by atoms with E-state index in [0.717, 1.165) is 29.2 Å². The largest absolute Gasteiger partial charge is 0.454 e. The molecule has 2 aromatic rings. The quantitative estimate of drug-likeness (QED) is 0.770. The summed E-state index contributed by atoms with van der Waals surface area (Å²) in [6.45, 7) is 4.30. The SMILES string of the molecule is O=C(CCc1ccc2c(c1)OCO2)NCc1ccc(CN2CCCCCC2)cc1. The molecule has 1 amide bonds. The number of hydrogen-bond acceptors (Lipinski definition) is 4. The van der Waals surface area contributed by atoms with Gasteiger partial charge in [-0.25, -0.2) is 0 Å². The number of rotatable bonds is 7. The lowest BCUT2D eigenvalue weighted by Gasteiger charge is -2.19. The van der Waals surface area contributed by atoms with Crippen molar-refractivity contribution in [1.82, 2.24) is 10.2 Å². The van der Waals surface area contributed by atoms with E-state index in [1.54, 1.807) is 0 Å². The molecule has 0 aliphatic carbocycles. The number of nitrogens with zero attached hydrogens (tertiary/aromatic N) is 1. The number of nitrogens with one attached hydrogen (secondary N) is 1. The van der Waals surface area contributed by atoms with Gasteiger partial charge in [-0.3, -0.25) is 9.69 Å². The first-order valence-corrected chi connectivity index (χ1v) is 10.7. The third-order valence-corrected chi connectivity index (χ3v) is 5.70. The van der Waals surface area contributed by atoms with E-state index in [4.69, 9.17) is 9.47 Å². The Labute approximate surface area is 173 Å². The fourth-order valence-corrected chi connectivity index (χ4v) is 3.96. The third kappa shape index (κ3) is 5.73. The molecule has 0 spiro atoms. The number of likely N-dealkylation sites (tertiary alicyclic amines) is 1. The molecule has 0 radical (unpaired) electrons. The van der Waals surface area contributed by atoms with Crippen LogP contribution in [-0.4, -0.2) is 30.7 Å². The molecular weight excluding hydrogens is 364 g/mol. The molecule has 0 unspecified atom stereocenters. The third-order valence-electron chi connectivity index (χ3n) is 5.70. The van der Waals surface area contributed by atoms with Crippen LogP contribution in [0.3, 0.4) is 0 Å². The highest BCUT2D eigenvalue weighted by atomic mass is 16.7. The minimum Gasteiger partial charge on any atom is -0.454 e. The van der Waals surface area contributed by atoms with Crippen LogP contribution in [0.15, 0.2) is 42.5 Å². The maximum absolute atomic E-state index is 12.2. The maximum atomic E-state index is 12.2. The smallest absolute Gasteiger partial charge is 0.231 e. The second-order valence-electron chi connectivity index (χ2n) is 7.97. The lowest BCUT2D eigenvalue weighted by molar-refractivity contribution is -0.121. The van der Waals surface area contributed by atoms with E-state index in [1.807, 2.05) is 18.2 Å².